The minimum absolute atomic E-state index is 0.0136. The molecule has 3 saturated heterocycles. The molecule has 0 spiro atoms. The van der Waals surface area contributed by atoms with E-state index in [-0.39, 0.29) is 11.9 Å². The van der Waals surface area contributed by atoms with E-state index in [2.05, 4.69) is 13.8 Å². The predicted molar refractivity (Wildman–Crippen MR) is 112 cm³/mol. The second-order valence-electron chi connectivity index (χ2n) is 9.42. The number of hydrogen-bond donors (Lipinski definition) is 0. The molecule has 3 aliphatic rings. The first-order chi connectivity index (χ1) is 14.0. The van der Waals surface area contributed by atoms with Gasteiger partial charge in [-0.05, 0) is 47.0 Å². The van der Waals surface area contributed by atoms with Gasteiger partial charge < -0.3 is 23.7 Å². The molecule has 5 unspecified atom stereocenters. The summed E-state index contributed by atoms with van der Waals surface area (Å²) in [6, 6.07) is 0. The van der Waals surface area contributed by atoms with Gasteiger partial charge in [-0.3, -0.25) is 0 Å². The monoisotopic (exact) mass is 449 g/mol. The number of unbranched alkanes of at least 4 members (excludes halogenated alkanes) is 2. The van der Waals surface area contributed by atoms with Crippen molar-refractivity contribution in [2.24, 2.45) is 0 Å². The van der Waals surface area contributed by atoms with Gasteiger partial charge in [0.05, 0.1) is 11.9 Å². The molecule has 8 nitrogen and oxygen atoms in total. The fourth-order valence-corrected chi connectivity index (χ4v) is 5.98. The second-order valence-corrected chi connectivity index (χ2v) is 11.5. The van der Waals surface area contributed by atoms with E-state index < -0.39 is 46.2 Å². The SMILES string of the molecule is CCCCN(CCCC)S(=O)(=O)CCC1OC2OC(C)(C)OC2C2OC(C)(C)OC12. The third kappa shape index (κ3) is 5.54. The average molecular weight is 450 g/mol. The van der Waals surface area contributed by atoms with Crippen molar-refractivity contribution in [1.82, 2.24) is 4.31 Å². The Kier molecular flexibility index (Phi) is 7.54. The van der Waals surface area contributed by atoms with Crippen LogP contribution in [0.15, 0.2) is 0 Å². The lowest BCUT2D eigenvalue weighted by molar-refractivity contribution is -0.233. The van der Waals surface area contributed by atoms with Crippen molar-refractivity contribution >= 4 is 10.0 Å². The molecule has 30 heavy (non-hydrogen) atoms. The Morgan fingerprint density at radius 2 is 1.33 bits per heavy atom. The summed E-state index contributed by atoms with van der Waals surface area (Å²) >= 11 is 0. The van der Waals surface area contributed by atoms with Gasteiger partial charge in [-0.15, -0.1) is 0 Å². The maximum Gasteiger partial charge on any atom is 0.214 e. The number of hydrogen-bond acceptors (Lipinski definition) is 7. The van der Waals surface area contributed by atoms with E-state index in [0.29, 0.717) is 19.5 Å². The zero-order valence-electron chi connectivity index (χ0n) is 19.3. The highest BCUT2D eigenvalue weighted by molar-refractivity contribution is 7.89. The van der Waals surface area contributed by atoms with E-state index in [0.717, 1.165) is 25.7 Å². The van der Waals surface area contributed by atoms with Crippen molar-refractivity contribution in [3.63, 3.8) is 0 Å². The van der Waals surface area contributed by atoms with Gasteiger partial charge in [0.1, 0.15) is 18.3 Å². The van der Waals surface area contributed by atoms with Crippen LogP contribution in [0.4, 0.5) is 0 Å². The summed E-state index contributed by atoms with van der Waals surface area (Å²) < 4.78 is 58.1. The highest BCUT2D eigenvalue weighted by atomic mass is 32.2. The van der Waals surface area contributed by atoms with Crippen LogP contribution in [0.1, 0.15) is 73.6 Å². The molecule has 0 N–H and O–H groups in total. The van der Waals surface area contributed by atoms with Gasteiger partial charge in [0.15, 0.2) is 17.9 Å². The fourth-order valence-electron chi connectivity index (χ4n) is 4.38. The molecule has 3 heterocycles. The lowest BCUT2D eigenvalue weighted by Crippen LogP contribution is -2.55. The fraction of sp³-hybridized carbons (Fsp3) is 1.00. The minimum Gasteiger partial charge on any atom is -0.344 e. The highest BCUT2D eigenvalue weighted by Crippen LogP contribution is 2.44. The summed E-state index contributed by atoms with van der Waals surface area (Å²) in [5.74, 6) is -1.55. The van der Waals surface area contributed by atoms with E-state index in [9.17, 15) is 8.42 Å². The molecule has 0 aromatic heterocycles. The van der Waals surface area contributed by atoms with E-state index >= 15 is 0 Å². The van der Waals surface area contributed by atoms with E-state index in [4.69, 9.17) is 23.7 Å². The standard InChI is InChI=1S/C21H39NO7S/c1-7-9-12-22(13-10-8-2)30(23,24)14-11-15-16-17(27-20(3,4)26-16)18-19(25-15)29-21(5,6)28-18/h15-19H,7-14H2,1-6H3. The molecular formula is C21H39NO7S. The molecule has 0 amide bonds. The predicted octanol–water partition coefficient (Wildman–Crippen LogP) is 3.01. The van der Waals surface area contributed by atoms with Crippen LogP contribution in [0.2, 0.25) is 0 Å². The molecule has 9 heteroatoms. The third-order valence-corrected chi connectivity index (χ3v) is 7.73. The average Bonchev–Trinajstić information content (AvgIpc) is 3.13. The van der Waals surface area contributed by atoms with Gasteiger partial charge in [-0.2, -0.15) is 0 Å². The molecule has 0 aromatic carbocycles. The van der Waals surface area contributed by atoms with Crippen LogP contribution in [0.3, 0.4) is 0 Å². The molecule has 176 valence electrons. The number of rotatable bonds is 10. The van der Waals surface area contributed by atoms with Crippen LogP contribution >= 0.6 is 0 Å². The van der Waals surface area contributed by atoms with Gasteiger partial charge in [-0.1, -0.05) is 26.7 Å². The largest absolute Gasteiger partial charge is 0.344 e. The molecule has 0 saturated carbocycles. The Bertz CT molecular complexity index is 673. The molecule has 0 aromatic rings. The highest BCUT2D eigenvalue weighted by Gasteiger charge is 2.60. The van der Waals surface area contributed by atoms with Crippen molar-refractivity contribution in [2.45, 2.75) is 116 Å². The first-order valence-corrected chi connectivity index (χ1v) is 12.9. The summed E-state index contributed by atoms with van der Waals surface area (Å²) in [4.78, 5) is 0. The normalized spacial score (nSPS) is 34.8. The molecular weight excluding hydrogens is 410 g/mol. The van der Waals surface area contributed by atoms with E-state index in [1.54, 1.807) is 4.31 Å². The molecule has 3 fully saturated rings. The summed E-state index contributed by atoms with van der Waals surface area (Å²) in [6.07, 6.45) is 1.79. The summed E-state index contributed by atoms with van der Waals surface area (Å²) in [6.45, 7) is 12.7. The van der Waals surface area contributed by atoms with Gasteiger partial charge in [0.25, 0.3) is 0 Å². The van der Waals surface area contributed by atoms with Gasteiger partial charge in [-0.25, -0.2) is 12.7 Å². The van der Waals surface area contributed by atoms with E-state index in [1.165, 1.54) is 0 Å². The zero-order chi connectivity index (χ0) is 22.2. The molecule has 0 aliphatic carbocycles. The van der Waals surface area contributed by atoms with Crippen LogP contribution in [-0.4, -0.2) is 73.8 Å². The van der Waals surface area contributed by atoms with Crippen molar-refractivity contribution in [3.05, 3.63) is 0 Å². The smallest absolute Gasteiger partial charge is 0.214 e. The van der Waals surface area contributed by atoms with Crippen molar-refractivity contribution in [1.29, 1.82) is 0 Å². The molecule has 0 bridgehead atoms. The minimum atomic E-state index is -3.38. The number of nitrogens with zero attached hydrogens (tertiary/aromatic N) is 1. The summed E-state index contributed by atoms with van der Waals surface area (Å²) in [5.41, 5.74) is 0. The zero-order valence-corrected chi connectivity index (χ0v) is 20.1. The Morgan fingerprint density at radius 1 is 0.800 bits per heavy atom. The van der Waals surface area contributed by atoms with Crippen LogP contribution in [0.25, 0.3) is 0 Å². The van der Waals surface area contributed by atoms with Crippen molar-refractivity contribution in [2.75, 3.05) is 18.8 Å². The summed E-state index contributed by atoms with van der Waals surface area (Å²) in [7, 11) is -3.38. The van der Waals surface area contributed by atoms with Crippen LogP contribution in [0, 0.1) is 0 Å². The maximum atomic E-state index is 13.1. The Hall–Kier alpha value is -0.290. The second kappa shape index (κ2) is 9.29. The third-order valence-electron chi connectivity index (χ3n) is 5.83. The van der Waals surface area contributed by atoms with Crippen molar-refractivity contribution in [3.8, 4) is 0 Å². The number of ether oxygens (including phenoxy) is 5. The molecule has 3 rings (SSSR count). The molecule has 0 radical (unpaired) electrons. The molecule has 3 aliphatic heterocycles. The summed E-state index contributed by atoms with van der Waals surface area (Å²) in [5, 5.41) is 0. The van der Waals surface area contributed by atoms with Crippen LogP contribution in [-0.2, 0) is 33.7 Å². The van der Waals surface area contributed by atoms with Crippen LogP contribution in [0.5, 0.6) is 0 Å². The first kappa shape index (κ1) is 24.4. The van der Waals surface area contributed by atoms with E-state index in [1.807, 2.05) is 27.7 Å². The van der Waals surface area contributed by atoms with Crippen molar-refractivity contribution < 1.29 is 32.1 Å². The lowest BCUT2D eigenvalue weighted by Gasteiger charge is -2.37. The lowest BCUT2D eigenvalue weighted by atomic mass is 9.97. The van der Waals surface area contributed by atoms with Gasteiger partial charge in [0, 0.05) is 13.1 Å². The Balaban J connectivity index is 1.70. The first-order valence-electron chi connectivity index (χ1n) is 11.3. The van der Waals surface area contributed by atoms with Crippen LogP contribution < -0.4 is 0 Å². The van der Waals surface area contributed by atoms with Gasteiger partial charge in [0.2, 0.25) is 10.0 Å². The Morgan fingerprint density at radius 3 is 1.93 bits per heavy atom. The molecule has 5 atom stereocenters. The Labute approximate surface area is 181 Å². The maximum absolute atomic E-state index is 13.1. The number of sulfonamides is 1. The topological polar surface area (TPSA) is 83.5 Å². The number of fused-ring (bicyclic) bond motifs is 3. The van der Waals surface area contributed by atoms with Gasteiger partial charge >= 0.3 is 0 Å². The quantitative estimate of drug-likeness (QED) is 0.507.